The molecule has 23 heavy (non-hydrogen) atoms. The highest BCUT2D eigenvalue weighted by atomic mass is 16.5. The molecule has 0 bridgehead atoms. The lowest BCUT2D eigenvalue weighted by atomic mass is 10.1. The Morgan fingerprint density at radius 3 is 2.48 bits per heavy atom. The summed E-state index contributed by atoms with van der Waals surface area (Å²) in [6, 6.07) is 6.39. The molecule has 0 aliphatic rings. The van der Waals surface area contributed by atoms with Gasteiger partial charge in [0.05, 0.1) is 11.8 Å². The molecule has 2 rings (SSSR count). The van der Waals surface area contributed by atoms with Crippen molar-refractivity contribution in [1.82, 2.24) is 14.9 Å². The van der Waals surface area contributed by atoms with E-state index in [2.05, 4.69) is 9.97 Å². The van der Waals surface area contributed by atoms with Gasteiger partial charge in [0, 0.05) is 25.1 Å². The number of rotatable bonds is 7. The van der Waals surface area contributed by atoms with Crippen LogP contribution in [-0.4, -0.2) is 39.1 Å². The Hall–Kier alpha value is -2.47. The zero-order chi connectivity index (χ0) is 16.8. The fraction of sp³-hybridized carbons (Fsp3) is 0.353. The molecule has 0 saturated carbocycles. The van der Waals surface area contributed by atoms with Gasteiger partial charge in [-0.15, -0.1) is 0 Å². The van der Waals surface area contributed by atoms with Gasteiger partial charge in [0.1, 0.15) is 11.8 Å². The molecule has 1 aromatic heterocycles. The van der Waals surface area contributed by atoms with Crippen molar-refractivity contribution in [1.29, 1.82) is 0 Å². The Morgan fingerprint density at radius 2 is 1.96 bits per heavy atom. The summed E-state index contributed by atoms with van der Waals surface area (Å²) in [5.41, 5.74) is 1.42. The quantitative estimate of drug-likeness (QED) is 0.846. The largest absolute Gasteiger partial charge is 0.491 e. The molecule has 0 saturated heterocycles. The first kappa shape index (κ1) is 16.9. The summed E-state index contributed by atoms with van der Waals surface area (Å²) in [6.45, 7) is 4.29. The van der Waals surface area contributed by atoms with Crippen LogP contribution in [0.1, 0.15) is 31.1 Å². The number of nitrogens with zero attached hydrogens (tertiary/aromatic N) is 3. The van der Waals surface area contributed by atoms with Crippen LogP contribution < -0.4 is 4.74 Å². The number of benzene rings is 1. The van der Waals surface area contributed by atoms with Crippen LogP contribution in [0.2, 0.25) is 0 Å². The summed E-state index contributed by atoms with van der Waals surface area (Å²) >= 11 is 0. The van der Waals surface area contributed by atoms with Gasteiger partial charge in [-0.2, -0.15) is 0 Å². The van der Waals surface area contributed by atoms with Crippen molar-refractivity contribution < 1.29 is 14.6 Å². The Bertz CT molecular complexity index is 629. The van der Waals surface area contributed by atoms with E-state index in [1.165, 1.54) is 0 Å². The standard InChI is InChI=1S/C17H21N3O3/c1-12(2)23-15-6-4-13(5-7-15)16(17(21)22)20(3)11-14-10-18-8-9-19-14/h4-10,12,16H,11H2,1-3H3,(H,21,22). The molecule has 2 aromatic rings. The summed E-state index contributed by atoms with van der Waals surface area (Å²) in [5, 5.41) is 9.58. The Labute approximate surface area is 135 Å². The van der Waals surface area contributed by atoms with Crippen LogP contribution in [-0.2, 0) is 11.3 Å². The fourth-order valence-corrected chi connectivity index (χ4v) is 2.34. The topological polar surface area (TPSA) is 75.6 Å². The van der Waals surface area contributed by atoms with Crippen molar-refractivity contribution in [3.05, 3.63) is 54.1 Å². The predicted molar refractivity (Wildman–Crippen MR) is 86.1 cm³/mol. The van der Waals surface area contributed by atoms with Gasteiger partial charge in [0.2, 0.25) is 0 Å². The molecule has 1 atom stereocenters. The first-order valence-electron chi connectivity index (χ1n) is 7.42. The van der Waals surface area contributed by atoms with Gasteiger partial charge < -0.3 is 9.84 Å². The number of carbonyl (C=O) groups is 1. The van der Waals surface area contributed by atoms with E-state index < -0.39 is 12.0 Å². The minimum Gasteiger partial charge on any atom is -0.491 e. The molecule has 0 amide bonds. The van der Waals surface area contributed by atoms with E-state index in [0.717, 1.165) is 11.4 Å². The number of hydrogen-bond acceptors (Lipinski definition) is 5. The van der Waals surface area contributed by atoms with Gasteiger partial charge in [0.15, 0.2) is 0 Å². The minimum atomic E-state index is -0.908. The van der Waals surface area contributed by atoms with Crippen molar-refractivity contribution in [2.45, 2.75) is 32.5 Å². The Morgan fingerprint density at radius 1 is 1.26 bits per heavy atom. The van der Waals surface area contributed by atoms with Crippen LogP contribution in [0, 0.1) is 0 Å². The van der Waals surface area contributed by atoms with Crippen molar-refractivity contribution in [3.63, 3.8) is 0 Å². The smallest absolute Gasteiger partial charge is 0.325 e. The number of likely N-dealkylation sites (N-methyl/N-ethyl adjacent to an activating group) is 1. The van der Waals surface area contributed by atoms with Crippen LogP contribution in [0.4, 0.5) is 0 Å². The maximum Gasteiger partial charge on any atom is 0.325 e. The van der Waals surface area contributed by atoms with E-state index in [1.54, 1.807) is 54.8 Å². The van der Waals surface area contributed by atoms with E-state index >= 15 is 0 Å². The SMILES string of the molecule is CC(C)Oc1ccc(C(C(=O)O)N(C)Cc2cnccn2)cc1. The van der Waals surface area contributed by atoms with Crippen molar-refractivity contribution in [2.75, 3.05) is 7.05 Å². The van der Waals surface area contributed by atoms with E-state index in [9.17, 15) is 9.90 Å². The maximum atomic E-state index is 11.7. The summed E-state index contributed by atoms with van der Waals surface area (Å²) in [5.74, 6) is -0.182. The number of hydrogen-bond donors (Lipinski definition) is 1. The highest BCUT2D eigenvalue weighted by Crippen LogP contribution is 2.24. The van der Waals surface area contributed by atoms with Gasteiger partial charge in [-0.25, -0.2) is 0 Å². The van der Waals surface area contributed by atoms with Crippen molar-refractivity contribution in [3.8, 4) is 5.75 Å². The number of aromatic nitrogens is 2. The number of aliphatic carboxylic acids is 1. The molecule has 0 spiro atoms. The molecule has 6 heteroatoms. The summed E-state index contributed by atoms with van der Waals surface area (Å²) < 4.78 is 5.59. The monoisotopic (exact) mass is 315 g/mol. The third-order valence-electron chi connectivity index (χ3n) is 3.27. The second-order valence-electron chi connectivity index (χ2n) is 5.59. The van der Waals surface area contributed by atoms with Gasteiger partial charge in [0.25, 0.3) is 0 Å². The van der Waals surface area contributed by atoms with Gasteiger partial charge in [-0.1, -0.05) is 12.1 Å². The number of ether oxygens (including phenoxy) is 1. The maximum absolute atomic E-state index is 11.7. The zero-order valence-electron chi connectivity index (χ0n) is 13.5. The molecule has 0 fully saturated rings. The molecule has 1 N–H and O–H groups in total. The molecule has 0 radical (unpaired) electrons. The van der Waals surface area contributed by atoms with Crippen molar-refractivity contribution >= 4 is 5.97 Å². The van der Waals surface area contributed by atoms with Crippen LogP contribution in [0.5, 0.6) is 5.75 Å². The summed E-state index contributed by atoms with van der Waals surface area (Å²) in [6.07, 6.45) is 4.90. The van der Waals surface area contributed by atoms with Crippen LogP contribution >= 0.6 is 0 Å². The van der Waals surface area contributed by atoms with Crippen molar-refractivity contribution in [2.24, 2.45) is 0 Å². The van der Waals surface area contributed by atoms with E-state index in [-0.39, 0.29) is 6.10 Å². The molecule has 122 valence electrons. The highest BCUT2D eigenvalue weighted by molar-refractivity contribution is 5.75. The lowest BCUT2D eigenvalue weighted by molar-refractivity contribution is -0.143. The van der Waals surface area contributed by atoms with Gasteiger partial charge in [-0.3, -0.25) is 19.7 Å². The molecular weight excluding hydrogens is 294 g/mol. The molecule has 0 aliphatic carbocycles. The third-order valence-corrected chi connectivity index (χ3v) is 3.27. The first-order chi connectivity index (χ1) is 11.0. The molecule has 0 aliphatic heterocycles. The highest BCUT2D eigenvalue weighted by Gasteiger charge is 2.25. The van der Waals surface area contributed by atoms with Crippen LogP contribution in [0.25, 0.3) is 0 Å². The zero-order valence-corrected chi connectivity index (χ0v) is 13.5. The minimum absolute atomic E-state index is 0.0791. The third kappa shape index (κ3) is 4.75. The van der Waals surface area contributed by atoms with E-state index in [4.69, 9.17) is 4.74 Å². The lowest BCUT2D eigenvalue weighted by Gasteiger charge is -2.24. The fourth-order valence-electron chi connectivity index (χ4n) is 2.34. The molecular formula is C17H21N3O3. The van der Waals surface area contributed by atoms with Gasteiger partial charge >= 0.3 is 5.97 Å². The van der Waals surface area contributed by atoms with E-state index in [1.807, 2.05) is 13.8 Å². The first-order valence-corrected chi connectivity index (χ1v) is 7.42. The van der Waals surface area contributed by atoms with Crippen LogP contribution in [0.3, 0.4) is 0 Å². The molecule has 1 heterocycles. The van der Waals surface area contributed by atoms with Gasteiger partial charge in [-0.05, 0) is 38.6 Å². The summed E-state index contributed by atoms with van der Waals surface area (Å²) in [7, 11) is 1.76. The number of carboxylic acids is 1. The van der Waals surface area contributed by atoms with E-state index in [0.29, 0.717) is 12.1 Å². The average Bonchev–Trinajstić information content (AvgIpc) is 2.49. The molecule has 6 nitrogen and oxygen atoms in total. The number of carboxylic acid groups (broad SMARTS) is 1. The second-order valence-corrected chi connectivity index (χ2v) is 5.59. The molecule has 1 unspecified atom stereocenters. The lowest BCUT2D eigenvalue weighted by Crippen LogP contribution is -2.30. The second kappa shape index (κ2) is 7.69. The van der Waals surface area contributed by atoms with Crippen LogP contribution in [0.15, 0.2) is 42.9 Å². The Kier molecular flexibility index (Phi) is 5.65. The average molecular weight is 315 g/mol. The summed E-state index contributed by atoms with van der Waals surface area (Å²) in [4.78, 5) is 21.6. The normalized spacial score (nSPS) is 12.4. The Balaban J connectivity index is 2.15. The molecule has 1 aromatic carbocycles. The predicted octanol–water partition coefficient (Wildman–Crippen LogP) is 2.52.